The second-order valence-corrected chi connectivity index (χ2v) is 3.71. The molecule has 15 heavy (non-hydrogen) atoms. The quantitative estimate of drug-likeness (QED) is 0.725. The van der Waals surface area contributed by atoms with E-state index in [9.17, 15) is 4.79 Å². The van der Waals surface area contributed by atoms with Crippen LogP contribution < -0.4 is 11.3 Å². The zero-order valence-electron chi connectivity index (χ0n) is 8.53. The molecule has 82 valence electrons. The van der Waals surface area contributed by atoms with Gasteiger partial charge in [0.15, 0.2) is 0 Å². The number of nitrogens with zero attached hydrogens (tertiary/aromatic N) is 1. The molecule has 1 saturated heterocycles. The maximum atomic E-state index is 11.3. The molecule has 0 aliphatic carbocycles. The van der Waals surface area contributed by atoms with Gasteiger partial charge in [0.1, 0.15) is 5.82 Å². The second kappa shape index (κ2) is 4.55. The zero-order chi connectivity index (χ0) is 10.7. The molecular formula is C10H15N3O2. The Labute approximate surface area is 87.7 Å². The standard InChI is InChI=1S/C10H15N3O2/c11-6-8-5-9(14)13-10(12-8)7-1-3-15-4-2-7/h5,7H,1-4,6,11H2,(H,12,13,14). The number of rotatable bonds is 2. The number of H-pyrrole nitrogens is 1. The van der Waals surface area contributed by atoms with Gasteiger partial charge in [0.2, 0.25) is 0 Å². The number of hydrogen-bond donors (Lipinski definition) is 2. The fourth-order valence-electron chi connectivity index (χ4n) is 1.80. The molecular weight excluding hydrogens is 194 g/mol. The predicted octanol–water partition coefficient (Wildman–Crippen LogP) is 0.123. The van der Waals surface area contributed by atoms with E-state index in [2.05, 4.69) is 9.97 Å². The molecule has 0 spiro atoms. The van der Waals surface area contributed by atoms with E-state index < -0.39 is 0 Å². The van der Waals surface area contributed by atoms with Crippen LogP contribution in [0.3, 0.4) is 0 Å². The van der Waals surface area contributed by atoms with Crippen molar-refractivity contribution >= 4 is 0 Å². The molecule has 5 heteroatoms. The van der Waals surface area contributed by atoms with Gasteiger partial charge in [0.25, 0.3) is 5.56 Å². The van der Waals surface area contributed by atoms with Gasteiger partial charge in [-0.1, -0.05) is 0 Å². The van der Waals surface area contributed by atoms with E-state index >= 15 is 0 Å². The largest absolute Gasteiger partial charge is 0.381 e. The van der Waals surface area contributed by atoms with Gasteiger partial charge in [-0.25, -0.2) is 4.98 Å². The summed E-state index contributed by atoms with van der Waals surface area (Å²) >= 11 is 0. The molecule has 0 bridgehead atoms. The van der Waals surface area contributed by atoms with Crippen molar-refractivity contribution in [3.8, 4) is 0 Å². The van der Waals surface area contributed by atoms with Crippen molar-refractivity contribution in [2.75, 3.05) is 13.2 Å². The van der Waals surface area contributed by atoms with Crippen LogP contribution in [0.15, 0.2) is 10.9 Å². The molecule has 1 aliphatic rings. The highest BCUT2D eigenvalue weighted by Crippen LogP contribution is 2.23. The summed E-state index contributed by atoms with van der Waals surface area (Å²) in [6.45, 7) is 1.78. The molecule has 1 aromatic heterocycles. The van der Waals surface area contributed by atoms with Crippen LogP contribution in [0, 0.1) is 0 Å². The third kappa shape index (κ3) is 2.43. The third-order valence-electron chi connectivity index (χ3n) is 2.63. The minimum absolute atomic E-state index is 0.119. The van der Waals surface area contributed by atoms with E-state index in [0.29, 0.717) is 18.2 Å². The summed E-state index contributed by atoms with van der Waals surface area (Å²) in [6, 6.07) is 1.45. The maximum Gasteiger partial charge on any atom is 0.251 e. The number of ether oxygens (including phenoxy) is 1. The molecule has 3 N–H and O–H groups in total. The maximum absolute atomic E-state index is 11.3. The van der Waals surface area contributed by atoms with Crippen molar-refractivity contribution in [2.45, 2.75) is 25.3 Å². The molecule has 0 unspecified atom stereocenters. The molecule has 1 fully saturated rings. The lowest BCUT2D eigenvalue weighted by molar-refractivity contribution is 0.0835. The third-order valence-corrected chi connectivity index (χ3v) is 2.63. The summed E-state index contributed by atoms with van der Waals surface area (Å²) in [6.07, 6.45) is 1.83. The van der Waals surface area contributed by atoms with Crippen LogP contribution in [0.5, 0.6) is 0 Å². The highest BCUT2D eigenvalue weighted by molar-refractivity contribution is 5.06. The number of hydrogen-bond acceptors (Lipinski definition) is 4. The smallest absolute Gasteiger partial charge is 0.251 e. The first-order valence-electron chi connectivity index (χ1n) is 5.17. The highest BCUT2D eigenvalue weighted by Gasteiger charge is 2.18. The van der Waals surface area contributed by atoms with Gasteiger partial charge in [0, 0.05) is 31.7 Å². The highest BCUT2D eigenvalue weighted by atomic mass is 16.5. The normalized spacial score (nSPS) is 17.9. The van der Waals surface area contributed by atoms with E-state index in [1.807, 2.05) is 0 Å². The van der Waals surface area contributed by atoms with Crippen molar-refractivity contribution in [2.24, 2.45) is 5.73 Å². The van der Waals surface area contributed by atoms with Gasteiger partial charge in [-0.3, -0.25) is 4.79 Å². The van der Waals surface area contributed by atoms with Crippen molar-refractivity contribution in [3.05, 3.63) is 27.9 Å². The first kappa shape index (κ1) is 10.3. The van der Waals surface area contributed by atoms with Gasteiger partial charge in [-0.2, -0.15) is 0 Å². The Morgan fingerprint density at radius 2 is 2.27 bits per heavy atom. The van der Waals surface area contributed by atoms with E-state index in [0.717, 1.165) is 31.9 Å². The van der Waals surface area contributed by atoms with Gasteiger partial charge < -0.3 is 15.5 Å². The summed E-state index contributed by atoms with van der Waals surface area (Å²) in [5.74, 6) is 1.06. The summed E-state index contributed by atoms with van der Waals surface area (Å²) < 4.78 is 5.26. The van der Waals surface area contributed by atoms with Crippen molar-refractivity contribution in [3.63, 3.8) is 0 Å². The monoisotopic (exact) mass is 209 g/mol. The summed E-state index contributed by atoms with van der Waals surface area (Å²) in [5, 5.41) is 0. The molecule has 2 rings (SSSR count). The average molecular weight is 209 g/mol. The number of nitrogens with two attached hydrogens (primary N) is 1. The molecule has 0 amide bonds. The summed E-state index contributed by atoms with van der Waals surface area (Å²) in [4.78, 5) is 18.4. The lowest BCUT2D eigenvalue weighted by atomic mass is 9.99. The Morgan fingerprint density at radius 3 is 2.93 bits per heavy atom. The molecule has 5 nitrogen and oxygen atoms in total. The fraction of sp³-hybridized carbons (Fsp3) is 0.600. The second-order valence-electron chi connectivity index (χ2n) is 3.71. The number of nitrogens with one attached hydrogen (secondary N) is 1. The van der Waals surface area contributed by atoms with Crippen LogP contribution in [0.4, 0.5) is 0 Å². The topological polar surface area (TPSA) is 81.0 Å². The SMILES string of the molecule is NCc1cc(=O)[nH]c(C2CCOCC2)n1. The lowest BCUT2D eigenvalue weighted by Gasteiger charge is -2.21. The molecule has 0 radical (unpaired) electrons. The number of aromatic nitrogens is 2. The van der Waals surface area contributed by atoms with Crippen molar-refractivity contribution in [1.82, 2.24) is 9.97 Å². The van der Waals surface area contributed by atoms with Gasteiger partial charge >= 0.3 is 0 Å². The van der Waals surface area contributed by atoms with Crippen LogP contribution >= 0.6 is 0 Å². The fourth-order valence-corrected chi connectivity index (χ4v) is 1.80. The lowest BCUT2D eigenvalue weighted by Crippen LogP contribution is -2.21. The first-order chi connectivity index (χ1) is 7.29. The minimum atomic E-state index is -0.119. The predicted molar refractivity (Wildman–Crippen MR) is 55.5 cm³/mol. The van der Waals surface area contributed by atoms with Gasteiger partial charge in [0.05, 0.1) is 5.69 Å². The average Bonchev–Trinajstić information content (AvgIpc) is 2.29. The number of aromatic amines is 1. The first-order valence-corrected chi connectivity index (χ1v) is 5.17. The van der Waals surface area contributed by atoms with E-state index in [1.165, 1.54) is 6.07 Å². The van der Waals surface area contributed by atoms with E-state index in [-0.39, 0.29) is 5.56 Å². The van der Waals surface area contributed by atoms with Crippen LogP contribution in [0.25, 0.3) is 0 Å². The Balaban J connectivity index is 2.26. The Morgan fingerprint density at radius 1 is 1.53 bits per heavy atom. The van der Waals surface area contributed by atoms with Gasteiger partial charge in [-0.05, 0) is 12.8 Å². The Kier molecular flexibility index (Phi) is 3.13. The van der Waals surface area contributed by atoms with Crippen molar-refractivity contribution < 1.29 is 4.74 Å². The molecule has 1 aliphatic heterocycles. The zero-order valence-corrected chi connectivity index (χ0v) is 8.53. The molecule has 0 saturated carbocycles. The van der Waals surface area contributed by atoms with Crippen LogP contribution in [-0.4, -0.2) is 23.2 Å². The van der Waals surface area contributed by atoms with E-state index in [4.69, 9.17) is 10.5 Å². The van der Waals surface area contributed by atoms with Crippen LogP contribution in [0.1, 0.15) is 30.3 Å². The Hall–Kier alpha value is -1.20. The molecule has 1 aromatic rings. The van der Waals surface area contributed by atoms with Gasteiger partial charge in [-0.15, -0.1) is 0 Å². The molecule has 0 aromatic carbocycles. The summed E-state index contributed by atoms with van der Waals surface area (Å²) in [7, 11) is 0. The summed E-state index contributed by atoms with van der Waals surface area (Å²) in [5.41, 5.74) is 6.01. The minimum Gasteiger partial charge on any atom is -0.381 e. The van der Waals surface area contributed by atoms with Crippen LogP contribution in [-0.2, 0) is 11.3 Å². The molecule has 0 atom stereocenters. The van der Waals surface area contributed by atoms with E-state index in [1.54, 1.807) is 0 Å². The van der Waals surface area contributed by atoms with Crippen molar-refractivity contribution in [1.29, 1.82) is 0 Å². The Bertz CT molecular complexity index is 382. The molecule has 2 heterocycles. The van der Waals surface area contributed by atoms with Crippen LogP contribution in [0.2, 0.25) is 0 Å².